The number of hydrogen-bond donors (Lipinski definition) is 5. The average molecular weight is 291 g/mol. The van der Waals surface area contributed by atoms with Crippen molar-refractivity contribution in [3.63, 3.8) is 0 Å². The van der Waals surface area contributed by atoms with E-state index < -0.39 is 24.1 Å². The van der Waals surface area contributed by atoms with Crippen LogP contribution < -0.4 is 5.73 Å². The van der Waals surface area contributed by atoms with Crippen LogP contribution in [0.15, 0.2) is 12.2 Å². The van der Waals surface area contributed by atoms with Crippen molar-refractivity contribution in [3.8, 4) is 0 Å². The van der Waals surface area contributed by atoms with Crippen molar-refractivity contribution in [2.45, 2.75) is 24.7 Å². The van der Waals surface area contributed by atoms with Crippen LogP contribution >= 0.6 is 0 Å². The van der Waals surface area contributed by atoms with Gasteiger partial charge in [0.1, 0.15) is 0 Å². The Morgan fingerprint density at radius 2 is 1.60 bits per heavy atom. The molecule has 0 amide bonds. The number of methoxy groups -OCH3 is 1. The molecule has 0 radical (unpaired) electrons. The fourth-order valence-corrected chi connectivity index (χ4v) is 1.32. The van der Waals surface area contributed by atoms with Gasteiger partial charge in [0, 0.05) is 6.04 Å². The third-order valence-corrected chi connectivity index (χ3v) is 2.43. The number of ether oxygens (including phenoxy) is 1. The molecule has 1 rings (SSSR count). The van der Waals surface area contributed by atoms with Gasteiger partial charge in [-0.2, -0.15) is 0 Å². The smallest absolute Gasteiger partial charge is 0.335 e. The van der Waals surface area contributed by atoms with Crippen LogP contribution in [-0.2, 0) is 19.1 Å². The van der Waals surface area contributed by atoms with Crippen molar-refractivity contribution in [3.05, 3.63) is 12.2 Å². The predicted molar refractivity (Wildman–Crippen MR) is 64.5 cm³/mol. The molecule has 0 unspecified atom stereocenters. The molecule has 1 aliphatic rings. The number of carbonyl (C=O) groups excluding carboxylic acids is 1. The monoisotopic (exact) mass is 291 g/mol. The number of aliphatic hydroxyl groups is 2. The standard InChI is InChI=1S/C7H11NO2.C4H6O6/c1-10-7(9)5-2-3-6(8)4-5;5-1(3(7)8)2(6)4(9)10/h2-3,5-6H,4,8H2,1H3;1-2,5-6H,(H,7,8)(H,9,10)/t5-,6+;1-,2-/m11/s1. The van der Waals surface area contributed by atoms with Crippen molar-refractivity contribution >= 4 is 17.9 Å². The largest absolute Gasteiger partial charge is 0.479 e. The maximum atomic E-state index is 10.8. The Labute approximate surface area is 114 Å². The van der Waals surface area contributed by atoms with Crippen molar-refractivity contribution in [1.82, 2.24) is 0 Å². The van der Waals surface area contributed by atoms with Gasteiger partial charge in [-0.25, -0.2) is 9.59 Å². The van der Waals surface area contributed by atoms with Crippen molar-refractivity contribution in [2.75, 3.05) is 7.11 Å². The average Bonchev–Trinajstić information content (AvgIpc) is 2.83. The molecule has 0 saturated heterocycles. The molecule has 0 aromatic rings. The fourth-order valence-electron chi connectivity index (χ4n) is 1.32. The lowest BCUT2D eigenvalue weighted by atomic mass is 10.1. The van der Waals surface area contributed by atoms with E-state index in [0.29, 0.717) is 6.42 Å². The molecule has 0 aromatic heterocycles. The van der Waals surface area contributed by atoms with Gasteiger partial charge >= 0.3 is 17.9 Å². The van der Waals surface area contributed by atoms with Gasteiger partial charge in [0.15, 0.2) is 12.2 Å². The van der Waals surface area contributed by atoms with E-state index in [-0.39, 0.29) is 17.9 Å². The highest BCUT2D eigenvalue weighted by atomic mass is 16.5. The first kappa shape index (κ1) is 18.0. The van der Waals surface area contributed by atoms with Crippen LogP contribution in [0, 0.1) is 5.92 Å². The molecule has 1 aliphatic carbocycles. The Morgan fingerprint density at radius 1 is 1.15 bits per heavy atom. The van der Waals surface area contributed by atoms with E-state index in [1.807, 2.05) is 6.08 Å². The molecule has 0 heterocycles. The summed E-state index contributed by atoms with van der Waals surface area (Å²) in [5.41, 5.74) is 5.52. The summed E-state index contributed by atoms with van der Waals surface area (Å²) in [5, 5.41) is 32.5. The quantitative estimate of drug-likeness (QED) is 0.289. The van der Waals surface area contributed by atoms with E-state index in [1.54, 1.807) is 6.08 Å². The van der Waals surface area contributed by atoms with Gasteiger partial charge in [-0.15, -0.1) is 0 Å². The van der Waals surface area contributed by atoms with Crippen LogP contribution in [0.3, 0.4) is 0 Å². The zero-order valence-electron chi connectivity index (χ0n) is 10.7. The minimum Gasteiger partial charge on any atom is -0.479 e. The molecule has 0 spiro atoms. The van der Waals surface area contributed by atoms with Gasteiger partial charge in [-0.05, 0) is 6.42 Å². The lowest BCUT2D eigenvalue weighted by Gasteiger charge is -2.07. The number of aliphatic carboxylic acids is 2. The lowest BCUT2D eigenvalue weighted by molar-refractivity contribution is -0.165. The Morgan fingerprint density at radius 3 is 1.85 bits per heavy atom. The topological polar surface area (TPSA) is 167 Å². The van der Waals surface area contributed by atoms with Crippen molar-refractivity contribution in [2.24, 2.45) is 11.7 Å². The number of aliphatic hydroxyl groups excluding tert-OH is 2. The molecule has 0 bridgehead atoms. The first-order chi connectivity index (χ1) is 9.20. The minimum absolute atomic E-state index is 0.0316. The van der Waals surface area contributed by atoms with Crippen LogP contribution in [0.1, 0.15) is 6.42 Å². The molecule has 20 heavy (non-hydrogen) atoms. The minimum atomic E-state index is -2.27. The van der Waals surface area contributed by atoms with Gasteiger partial charge < -0.3 is 30.9 Å². The number of esters is 1. The number of hydrogen-bond acceptors (Lipinski definition) is 7. The second-order valence-electron chi connectivity index (χ2n) is 3.98. The zero-order valence-corrected chi connectivity index (χ0v) is 10.7. The normalized spacial score (nSPS) is 23.2. The number of rotatable bonds is 4. The summed E-state index contributed by atoms with van der Waals surface area (Å²) >= 11 is 0. The molecule has 9 heteroatoms. The van der Waals surface area contributed by atoms with E-state index in [0.717, 1.165) is 0 Å². The molecule has 0 aliphatic heterocycles. The summed E-state index contributed by atoms with van der Waals surface area (Å²) in [5.74, 6) is -3.84. The van der Waals surface area contributed by atoms with Crippen LogP contribution in [0.2, 0.25) is 0 Å². The summed E-state index contributed by atoms with van der Waals surface area (Å²) in [7, 11) is 1.39. The van der Waals surface area contributed by atoms with Gasteiger partial charge in [-0.3, -0.25) is 4.79 Å². The number of carbonyl (C=O) groups is 3. The Bertz CT molecular complexity index is 376. The maximum absolute atomic E-state index is 10.8. The molecule has 6 N–H and O–H groups in total. The highest BCUT2D eigenvalue weighted by Crippen LogP contribution is 2.16. The van der Waals surface area contributed by atoms with Gasteiger partial charge in [0.25, 0.3) is 0 Å². The molecule has 114 valence electrons. The summed E-state index contributed by atoms with van der Waals surface area (Å²) < 4.78 is 4.54. The van der Waals surface area contributed by atoms with E-state index in [1.165, 1.54) is 7.11 Å². The van der Waals surface area contributed by atoms with Gasteiger partial charge in [-0.1, -0.05) is 12.2 Å². The molecule has 4 atom stereocenters. The first-order valence-corrected chi connectivity index (χ1v) is 5.54. The van der Waals surface area contributed by atoms with Gasteiger partial charge in [0.2, 0.25) is 0 Å². The summed E-state index contributed by atoms with van der Waals surface area (Å²) in [4.78, 5) is 30.4. The second-order valence-corrected chi connectivity index (χ2v) is 3.98. The zero-order chi connectivity index (χ0) is 15.9. The highest BCUT2D eigenvalue weighted by Gasteiger charge is 2.29. The fraction of sp³-hybridized carbons (Fsp3) is 0.545. The van der Waals surface area contributed by atoms with Crippen molar-refractivity contribution in [1.29, 1.82) is 0 Å². The third kappa shape index (κ3) is 5.78. The molecule has 9 nitrogen and oxygen atoms in total. The van der Waals surface area contributed by atoms with Crippen LogP contribution in [0.5, 0.6) is 0 Å². The predicted octanol–water partition coefficient (Wildman–Crippen LogP) is -2.06. The van der Waals surface area contributed by atoms with Crippen molar-refractivity contribution < 1.29 is 39.5 Å². The number of carboxylic acid groups (broad SMARTS) is 2. The first-order valence-electron chi connectivity index (χ1n) is 5.54. The summed E-state index contributed by atoms with van der Waals surface area (Å²) in [6.07, 6.45) is -0.208. The lowest BCUT2D eigenvalue weighted by Crippen LogP contribution is -2.39. The number of carboxylic acids is 2. The van der Waals surface area contributed by atoms with E-state index >= 15 is 0 Å². The van der Waals surface area contributed by atoms with Crippen LogP contribution in [0.25, 0.3) is 0 Å². The highest BCUT2D eigenvalue weighted by molar-refractivity contribution is 5.83. The van der Waals surface area contributed by atoms with E-state index in [9.17, 15) is 14.4 Å². The summed E-state index contributed by atoms with van der Waals surface area (Å²) in [6.45, 7) is 0. The maximum Gasteiger partial charge on any atom is 0.335 e. The van der Waals surface area contributed by atoms with E-state index in [2.05, 4.69) is 4.74 Å². The Balaban J connectivity index is 0.000000361. The van der Waals surface area contributed by atoms with Gasteiger partial charge in [0.05, 0.1) is 13.0 Å². The third-order valence-electron chi connectivity index (χ3n) is 2.43. The molecule has 0 saturated carbocycles. The molecular formula is C11H17NO8. The van der Waals surface area contributed by atoms with Crippen LogP contribution in [0.4, 0.5) is 0 Å². The SMILES string of the molecule is COC(=O)[C@@H]1C=C[C@H](N)C1.O=C(O)[C@H](O)[C@@H](O)C(=O)O. The van der Waals surface area contributed by atoms with Crippen LogP contribution in [-0.4, -0.2) is 63.7 Å². The summed E-state index contributed by atoms with van der Waals surface area (Å²) in [6, 6.07) is 0.0316. The molecular weight excluding hydrogens is 274 g/mol. The molecule has 0 fully saturated rings. The Hall–Kier alpha value is -1.97. The Kier molecular flexibility index (Phi) is 7.44. The van der Waals surface area contributed by atoms with E-state index in [4.69, 9.17) is 26.2 Å². The second kappa shape index (κ2) is 8.25. The molecule has 0 aromatic carbocycles. The number of nitrogens with two attached hydrogens (primary N) is 1.